The third-order valence-electron chi connectivity index (χ3n) is 4.67. The highest BCUT2D eigenvalue weighted by Gasteiger charge is 2.26. The minimum atomic E-state index is -4.01. The number of thiophene rings is 1. The molecule has 0 amide bonds. The maximum Gasteiger partial charge on any atom is 0.363 e. The lowest BCUT2D eigenvalue weighted by atomic mass is 10.3. The molecule has 3 heterocycles. The van der Waals surface area contributed by atoms with Gasteiger partial charge in [0.1, 0.15) is 5.15 Å². The highest BCUT2D eigenvalue weighted by molar-refractivity contribution is 7.90. The first kappa shape index (κ1) is 22.5. The van der Waals surface area contributed by atoms with Crippen LogP contribution in [0.5, 0.6) is 0 Å². The number of ether oxygens (including phenoxy) is 1. The Labute approximate surface area is 207 Å². The molecule has 1 aliphatic heterocycles. The van der Waals surface area contributed by atoms with Crippen molar-refractivity contribution in [1.29, 1.82) is 0 Å². The Hall–Kier alpha value is -3.31. The van der Waals surface area contributed by atoms with Gasteiger partial charge in [0.2, 0.25) is 10.7 Å². The van der Waals surface area contributed by atoms with Gasteiger partial charge in [-0.05, 0) is 41.8 Å². The van der Waals surface area contributed by atoms with Crippen LogP contribution in [-0.4, -0.2) is 24.9 Å². The van der Waals surface area contributed by atoms with Crippen molar-refractivity contribution in [3.63, 3.8) is 0 Å². The number of aliphatic imine (C=N–C) groups is 1. The SMILES string of the molecule is O=C1OC(c2cccs2)=N/C1=C\c1sc(=NS(=O)(=O)c2ccccc2)n(-c2ccccc2)c1Cl. The number of carbonyl (C=O) groups excluding carboxylic acids is 1. The zero-order valence-electron chi connectivity index (χ0n) is 17.2. The topological polar surface area (TPSA) is 90.1 Å². The summed E-state index contributed by atoms with van der Waals surface area (Å²) >= 11 is 9.10. The summed E-state index contributed by atoms with van der Waals surface area (Å²) in [7, 11) is -4.01. The number of sulfonamides is 1. The molecule has 0 atom stereocenters. The molecule has 7 nitrogen and oxygen atoms in total. The smallest absolute Gasteiger partial charge is 0.363 e. The lowest BCUT2D eigenvalue weighted by molar-refractivity contribution is -0.129. The van der Waals surface area contributed by atoms with E-state index < -0.39 is 16.0 Å². The summed E-state index contributed by atoms with van der Waals surface area (Å²) in [5, 5.41) is 2.05. The summed E-state index contributed by atoms with van der Waals surface area (Å²) in [6.45, 7) is 0. The molecule has 0 N–H and O–H groups in total. The van der Waals surface area contributed by atoms with E-state index in [0.29, 0.717) is 10.6 Å². The molecule has 0 saturated heterocycles. The van der Waals surface area contributed by atoms with Gasteiger partial charge in [0.15, 0.2) is 5.70 Å². The van der Waals surface area contributed by atoms with E-state index in [4.69, 9.17) is 16.3 Å². The zero-order chi connectivity index (χ0) is 23.7. The third-order valence-corrected chi connectivity index (χ3v) is 8.39. The molecule has 2 aromatic carbocycles. The summed E-state index contributed by atoms with van der Waals surface area (Å²) in [5.74, 6) is -0.402. The molecular weight excluding hydrogens is 514 g/mol. The number of carbonyl (C=O) groups is 1. The van der Waals surface area contributed by atoms with E-state index in [2.05, 4.69) is 9.39 Å². The molecule has 11 heteroatoms. The van der Waals surface area contributed by atoms with Gasteiger partial charge >= 0.3 is 5.97 Å². The molecule has 1 aliphatic rings. The third kappa shape index (κ3) is 4.40. The largest absolute Gasteiger partial charge is 0.401 e. The van der Waals surface area contributed by atoms with E-state index in [0.717, 1.165) is 16.2 Å². The minimum absolute atomic E-state index is 0.0589. The fourth-order valence-corrected chi connectivity index (χ4v) is 6.33. The van der Waals surface area contributed by atoms with Gasteiger partial charge in [-0.15, -0.1) is 15.7 Å². The van der Waals surface area contributed by atoms with Gasteiger partial charge < -0.3 is 4.74 Å². The van der Waals surface area contributed by atoms with Crippen LogP contribution >= 0.6 is 34.3 Å². The predicted octanol–water partition coefficient (Wildman–Crippen LogP) is 4.89. The Balaban J connectivity index is 1.67. The van der Waals surface area contributed by atoms with E-state index in [1.807, 2.05) is 17.5 Å². The number of hydrogen-bond donors (Lipinski definition) is 0. The number of hydrogen-bond acceptors (Lipinski definition) is 7. The van der Waals surface area contributed by atoms with E-state index in [1.165, 1.54) is 34.1 Å². The highest BCUT2D eigenvalue weighted by atomic mass is 35.5. The van der Waals surface area contributed by atoms with Crippen LogP contribution in [0.2, 0.25) is 5.15 Å². The normalized spacial score (nSPS) is 15.6. The zero-order valence-corrected chi connectivity index (χ0v) is 20.4. The Morgan fingerprint density at radius 3 is 2.38 bits per heavy atom. The summed E-state index contributed by atoms with van der Waals surface area (Å²) < 4.78 is 36.8. The second-order valence-electron chi connectivity index (χ2n) is 6.90. The standard InChI is InChI=1S/C23H14ClN3O4S3/c24-20-19(14-17-22(28)31-21(25-17)18-12-7-13-32-18)33-23(27(20)15-8-3-1-4-9-15)26-34(29,30)16-10-5-2-6-11-16/h1-14H/b17-14-,26-23?. The number of thiazole rings is 1. The molecule has 0 radical (unpaired) electrons. The molecular formula is C23H14ClN3O4S3. The van der Waals surface area contributed by atoms with E-state index in [1.54, 1.807) is 48.5 Å². The molecule has 170 valence electrons. The molecule has 2 aromatic heterocycles. The average molecular weight is 528 g/mol. The number of rotatable bonds is 5. The van der Waals surface area contributed by atoms with Gasteiger partial charge in [0.05, 0.1) is 14.6 Å². The first-order valence-electron chi connectivity index (χ1n) is 9.82. The van der Waals surface area contributed by atoms with Crippen LogP contribution < -0.4 is 4.80 Å². The molecule has 0 spiro atoms. The van der Waals surface area contributed by atoms with E-state index in [9.17, 15) is 13.2 Å². The van der Waals surface area contributed by atoms with Gasteiger partial charge in [-0.1, -0.05) is 65.4 Å². The number of halogens is 1. The Morgan fingerprint density at radius 1 is 1.00 bits per heavy atom. The van der Waals surface area contributed by atoms with Crippen LogP contribution in [0.4, 0.5) is 0 Å². The van der Waals surface area contributed by atoms with Gasteiger partial charge in [0, 0.05) is 5.69 Å². The Bertz CT molecular complexity index is 1600. The van der Waals surface area contributed by atoms with Crippen molar-refractivity contribution in [2.75, 3.05) is 0 Å². The fourth-order valence-electron chi connectivity index (χ4n) is 3.12. The highest BCUT2D eigenvalue weighted by Crippen LogP contribution is 2.28. The van der Waals surface area contributed by atoms with Crippen molar-refractivity contribution in [3.05, 3.63) is 104 Å². The van der Waals surface area contributed by atoms with Crippen LogP contribution in [0.25, 0.3) is 11.8 Å². The lowest BCUT2D eigenvalue weighted by Gasteiger charge is -2.05. The van der Waals surface area contributed by atoms with Crippen molar-refractivity contribution < 1.29 is 17.9 Å². The molecule has 4 aromatic rings. The average Bonchev–Trinajstić information content (AvgIpc) is 3.56. The first-order chi connectivity index (χ1) is 16.4. The molecule has 0 unspecified atom stereocenters. The van der Waals surface area contributed by atoms with Crippen LogP contribution in [-0.2, 0) is 19.6 Å². The van der Waals surface area contributed by atoms with Crippen molar-refractivity contribution in [1.82, 2.24) is 4.57 Å². The van der Waals surface area contributed by atoms with Gasteiger partial charge in [-0.2, -0.15) is 8.42 Å². The fraction of sp³-hybridized carbons (Fsp3) is 0. The monoisotopic (exact) mass is 527 g/mol. The quantitative estimate of drug-likeness (QED) is 0.273. The van der Waals surface area contributed by atoms with Crippen molar-refractivity contribution in [2.45, 2.75) is 4.90 Å². The van der Waals surface area contributed by atoms with E-state index >= 15 is 0 Å². The summed E-state index contributed by atoms with van der Waals surface area (Å²) in [6, 6.07) is 20.5. The molecule has 0 fully saturated rings. The molecule has 0 bridgehead atoms. The number of aromatic nitrogens is 1. The van der Waals surface area contributed by atoms with Crippen molar-refractivity contribution in [3.8, 4) is 5.69 Å². The first-order valence-corrected chi connectivity index (χ1v) is 13.3. The summed E-state index contributed by atoms with van der Waals surface area (Å²) in [4.78, 5) is 18.0. The lowest BCUT2D eigenvalue weighted by Crippen LogP contribution is -2.15. The molecule has 5 rings (SSSR count). The number of para-hydroxylation sites is 1. The van der Waals surface area contributed by atoms with Crippen LogP contribution in [0.3, 0.4) is 0 Å². The van der Waals surface area contributed by atoms with Crippen LogP contribution in [0.1, 0.15) is 9.75 Å². The molecule has 0 saturated carbocycles. The van der Waals surface area contributed by atoms with Crippen molar-refractivity contribution in [2.24, 2.45) is 9.39 Å². The Kier molecular flexibility index (Phi) is 6.05. The van der Waals surface area contributed by atoms with Crippen molar-refractivity contribution >= 4 is 62.2 Å². The second-order valence-corrected chi connectivity index (χ2v) is 10.8. The number of nitrogens with zero attached hydrogens (tertiary/aromatic N) is 3. The number of benzene rings is 2. The Morgan fingerprint density at radius 2 is 1.71 bits per heavy atom. The van der Waals surface area contributed by atoms with Gasteiger partial charge in [0.25, 0.3) is 10.0 Å². The maximum absolute atomic E-state index is 13.0. The van der Waals surface area contributed by atoms with Crippen LogP contribution in [0, 0.1) is 0 Å². The minimum Gasteiger partial charge on any atom is -0.401 e. The predicted molar refractivity (Wildman–Crippen MR) is 133 cm³/mol. The molecule has 0 aliphatic carbocycles. The number of esters is 1. The van der Waals surface area contributed by atoms with E-state index in [-0.39, 0.29) is 26.4 Å². The molecule has 34 heavy (non-hydrogen) atoms. The van der Waals surface area contributed by atoms with Gasteiger partial charge in [-0.3, -0.25) is 4.57 Å². The maximum atomic E-state index is 13.0. The number of cyclic esters (lactones) is 1. The summed E-state index contributed by atoms with van der Waals surface area (Å²) in [5.41, 5.74) is 0.677. The van der Waals surface area contributed by atoms with Crippen LogP contribution in [0.15, 0.2) is 98.2 Å². The summed E-state index contributed by atoms with van der Waals surface area (Å²) in [6.07, 6.45) is 1.48. The second kappa shape index (κ2) is 9.15. The van der Waals surface area contributed by atoms with Gasteiger partial charge in [-0.25, -0.2) is 9.79 Å².